The van der Waals surface area contributed by atoms with Crippen molar-refractivity contribution in [3.05, 3.63) is 28.2 Å². The molecule has 1 aromatic carbocycles. The maximum absolute atomic E-state index is 13.6. The SMILES string of the molecule is CC(C)C(NS(=O)(=O)c1c(F)cc(F)cc1Br)C(=O)O. The molecule has 112 valence electrons. The number of sulfonamides is 1. The highest BCUT2D eigenvalue weighted by atomic mass is 79.9. The van der Waals surface area contributed by atoms with Gasteiger partial charge in [-0.05, 0) is 27.9 Å². The molecule has 0 amide bonds. The Morgan fingerprint density at radius 3 is 2.30 bits per heavy atom. The van der Waals surface area contributed by atoms with Crippen LogP contribution in [0, 0.1) is 17.6 Å². The minimum atomic E-state index is -4.45. The van der Waals surface area contributed by atoms with E-state index in [0.717, 1.165) is 6.07 Å². The quantitative estimate of drug-likeness (QED) is 0.830. The molecule has 5 nitrogen and oxygen atoms in total. The first-order valence-corrected chi connectivity index (χ1v) is 7.73. The fourth-order valence-corrected chi connectivity index (χ4v) is 3.99. The van der Waals surface area contributed by atoms with Gasteiger partial charge in [0.05, 0.1) is 0 Å². The molecule has 0 aliphatic heterocycles. The zero-order valence-electron chi connectivity index (χ0n) is 10.5. The Morgan fingerprint density at radius 1 is 1.35 bits per heavy atom. The van der Waals surface area contributed by atoms with E-state index >= 15 is 0 Å². The molecule has 20 heavy (non-hydrogen) atoms. The van der Waals surface area contributed by atoms with Crippen molar-refractivity contribution in [1.29, 1.82) is 0 Å². The number of carbonyl (C=O) groups is 1. The minimum Gasteiger partial charge on any atom is -0.480 e. The third kappa shape index (κ3) is 3.74. The molecule has 1 unspecified atom stereocenters. The lowest BCUT2D eigenvalue weighted by Crippen LogP contribution is -2.44. The Labute approximate surface area is 123 Å². The van der Waals surface area contributed by atoms with E-state index in [2.05, 4.69) is 15.9 Å². The predicted octanol–water partition coefficient (Wildman–Crippen LogP) is 2.11. The number of carboxylic acids is 1. The second-order valence-electron chi connectivity index (χ2n) is 4.38. The summed E-state index contributed by atoms with van der Waals surface area (Å²) >= 11 is 2.75. The average molecular weight is 372 g/mol. The number of halogens is 3. The second-order valence-corrected chi connectivity index (χ2v) is 6.88. The van der Waals surface area contributed by atoms with Crippen LogP contribution in [0.5, 0.6) is 0 Å². The molecule has 9 heteroatoms. The van der Waals surface area contributed by atoms with Gasteiger partial charge in [-0.1, -0.05) is 13.8 Å². The third-order valence-corrected chi connectivity index (χ3v) is 4.85. The topological polar surface area (TPSA) is 83.5 Å². The van der Waals surface area contributed by atoms with Crippen molar-refractivity contribution < 1.29 is 27.1 Å². The third-order valence-electron chi connectivity index (χ3n) is 2.45. The highest BCUT2D eigenvalue weighted by Gasteiger charge is 2.31. The number of hydrogen-bond acceptors (Lipinski definition) is 3. The van der Waals surface area contributed by atoms with Crippen molar-refractivity contribution in [2.45, 2.75) is 24.8 Å². The standard InChI is InChI=1S/C11H12BrF2NO4S/c1-5(2)9(11(16)17)15-20(18,19)10-7(12)3-6(13)4-8(10)14/h3-5,9,15H,1-2H3,(H,16,17). The van der Waals surface area contributed by atoms with E-state index in [0.29, 0.717) is 6.07 Å². The van der Waals surface area contributed by atoms with Crippen LogP contribution in [0.1, 0.15) is 13.8 Å². The van der Waals surface area contributed by atoms with Gasteiger partial charge in [0.2, 0.25) is 10.0 Å². The maximum atomic E-state index is 13.6. The molecular formula is C11H12BrF2NO4S. The summed E-state index contributed by atoms with van der Waals surface area (Å²) in [5.41, 5.74) is 0. The number of carboxylic acid groups (broad SMARTS) is 1. The summed E-state index contributed by atoms with van der Waals surface area (Å²) in [6.07, 6.45) is 0. The normalized spacial score (nSPS) is 13.5. The van der Waals surface area contributed by atoms with Crippen molar-refractivity contribution in [1.82, 2.24) is 4.72 Å². The van der Waals surface area contributed by atoms with Crippen LogP contribution in [0.3, 0.4) is 0 Å². The lowest BCUT2D eigenvalue weighted by molar-refractivity contribution is -0.140. The maximum Gasteiger partial charge on any atom is 0.322 e. The van der Waals surface area contributed by atoms with Crippen LogP contribution in [0.2, 0.25) is 0 Å². The largest absolute Gasteiger partial charge is 0.480 e. The first kappa shape index (κ1) is 17.0. The Kier molecular flexibility index (Phi) is 5.22. The van der Waals surface area contributed by atoms with Gasteiger partial charge in [-0.3, -0.25) is 4.79 Å². The Bertz CT molecular complexity index is 610. The van der Waals surface area contributed by atoms with Crippen LogP contribution in [0.4, 0.5) is 8.78 Å². The first-order valence-electron chi connectivity index (χ1n) is 5.46. The zero-order chi connectivity index (χ0) is 15.7. The van der Waals surface area contributed by atoms with Crippen molar-refractivity contribution in [3.8, 4) is 0 Å². The number of nitrogens with one attached hydrogen (secondary N) is 1. The summed E-state index contributed by atoms with van der Waals surface area (Å²) in [7, 11) is -4.45. The molecule has 1 atom stereocenters. The molecule has 0 radical (unpaired) electrons. The van der Waals surface area contributed by atoms with Crippen LogP contribution in [0.25, 0.3) is 0 Å². The molecule has 0 fully saturated rings. The molecular weight excluding hydrogens is 360 g/mol. The van der Waals surface area contributed by atoms with E-state index in [4.69, 9.17) is 5.11 Å². The summed E-state index contributed by atoms with van der Waals surface area (Å²) in [5, 5.41) is 8.94. The fourth-order valence-electron chi connectivity index (χ4n) is 1.48. The molecule has 0 bridgehead atoms. The fraction of sp³-hybridized carbons (Fsp3) is 0.364. The summed E-state index contributed by atoms with van der Waals surface area (Å²) in [6, 6.07) is -0.232. The molecule has 0 saturated heterocycles. The predicted molar refractivity (Wildman–Crippen MR) is 70.6 cm³/mol. The first-order chi connectivity index (χ1) is 9.06. The van der Waals surface area contributed by atoms with Crippen molar-refractivity contribution in [2.75, 3.05) is 0 Å². The summed E-state index contributed by atoms with van der Waals surface area (Å²) < 4.78 is 52.2. The van der Waals surface area contributed by atoms with E-state index in [1.165, 1.54) is 13.8 Å². The van der Waals surface area contributed by atoms with E-state index < -0.39 is 44.5 Å². The average Bonchev–Trinajstić information content (AvgIpc) is 2.23. The molecule has 0 heterocycles. The molecule has 2 N–H and O–H groups in total. The molecule has 0 saturated carbocycles. The van der Waals surface area contributed by atoms with Gasteiger partial charge in [0, 0.05) is 10.5 Å². The molecule has 0 aromatic heterocycles. The van der Waals surface area contributed by atoms with Gasteiger partial charge in [-0.25, -0.2) is 17.2 Å². The van der Waals surface area contributed by atoms with E-state index in [1.807, 2.05) is 4.72 Å². The van der Waals surface area contributed by atoms with Gasteiger partial charge < -0.3 is 5.11 Å². The Balaban J connectivity index is 3.28. The number of benzene rings is 1. The lowest BCUT2D eigenvalue weighted by atomic mass is 10.1. The van der Waals surface area contributed by atoms with Crippen LogP contribution in [-0.4, -0.2) is 25.5 Å². The minimum absolute atomic E-state index is 0.324. The number of rotatable bonds is 5. The number of hydrogen-bond donors (Lipinski definition) is 2. The number of aliphatic carboxylic acids is 1. The van der Waals surface area contributed by atoms with Gasteiger partial charge in [0.1, 0.15) is 22.6 Å². The lowest BCUT2D eigenvalue weighted by Gasteiger charge is -2.18. The van der Waals surface area contributed by atoms with E-state index in [9.17, 15) is 22.0 Å². The van der Waals surface area contributed by atoms with Gasteiger partial charge in [0.15, 0.2) is 0 Å². The molecule has 0 aliphatic carbocycles. The van der Waals surface area contributed by atoms with E-state index in [1.54, 1.807) is 0 Å². The van der Waals surface area contributed by atoms with Gasteiger partial charge >= 0.3 is 5.97 Å². The second kappa shape index (κ2) is 6.15. The molecule has 0 aliphatic rings. The zero-order valence-corrected chi connectivity index (χ0v) is 12.9. The van der Waals surface area contributed by atoms with Crippen molar-refractivity contribution in [3.63, 3.8) is 0 Å². The summed E-state index contributed by atoms with van der Waals surface area (Å²) in [5.74, 6) is -4.20. The van der Waals surface area contributed by atoms with Crippen LogP contribution >= 0.6 is 15.9 Å². The van der Waals surface area contributed by atoms with Crippen molar-refractivity contribution in [2.24, 2.45) is 5.92 Å². The Hall–Kier alpha value is -1.06. The van der Waals surface area contributed by atoms with Crippen LogP contribution in [0.15, 0.2) is 21.5 Å². The highest BCUT2D eigenvalue weighted by Crippen LogP contribution is 2.26. The smallest absolute Gasteiger partial charge is 0.322 e. The van der Waals surface area contributed by atoms with Gasteiger partial charge in [-0.2, -0.15) is 4.72 Å². The summed E-state index contributed by atoms with van der Waals surface area (Å²) in [4.78, 5) is 10.2. The summed E-state index contributed by atoms with van der Waals surface area (Å²) in [6.45, 7) is 2.99. The van der Waals surface area contributed by atoms with Crippen LogP contribution in [-0.2, 0) is 14.8 Å². The Morgan fingerprint density at radius 2 is 1.90 bits per heavy atom. The monoisotopic (exact) mass is 371 g/mol. The highest BCUT2D eigenvalue weighted by molar-refractivity contribution is 9.10. The van der Waals surface area contributed by atoms with Crippen molar-refractivity contribution >= 4 is 31.9 Å². The van der Waals surface area contributed by atoms with E-state index in [-0.39, 0.29) is 4.47 Å². The van der Waals surface area contributed by atoms with Crippen LogP contribution < -0.4 is 4.72 Å². The van der Waals surface area contributed by atoms with Gasteiger partial charge in [-0.15, -0.1) is 0 Å². The molecule has 1 rings (SSSR count). The van der Waals surface area contributed by atoms with Gasteiger partial charge in [0.25, 0.3) is 0 Å². The molecule has 0 spiro atoms. The molecule has 1 aromatic rings.